The molecule has 3 rings (SSSR count). The zero-order valence-electron chi connectivity index (χ0n) is 13.8. The number of aryl methyl sites for hydroxylation is 1. The third-order valence-electron chi connectivity index (χ3n) is 3.74. The van der Waals surface area contributed by atoms with Gasteiger partial charge in [-0.1, -0.05) is 25.1 Å². The van der Waals surface area contributed by atoms with Gasteiger partial charge in [-0.2, -0.15) is 0 Å². The van der Waals surface area contributed by atoms with Crippen LogP contribution in [0.2, 0.25) is 0 Å². The van der Waals surface area contributed by atoms with Crippen LogP contribution in [0.5, 0.6) is 0 Å². The number of anilines is 3. The van der Waals surface area contributed by atoms with Crippen molar-refractivity contribution in [2.24, 2.45) is 0 Å². The van der Waals surface area contributed by atoms with Gasteiger partial charge in [-0.05, 0) is 54.4 Å². The fraction of sp³-hybridized carbons (Fsp3) is 0.100. The Morgan fingerprint density at radius 2 is 1.80 bits per heavy atom. The van der Waals surface area contributed by atoms with Gasteiger partial charge in [-0.15, -0.1) is 0 Å². The van der Waals surface area contributed by atoms with Crippen LogP contribution < -0.4 is 10.6 Å². The zero-order valence-corrected chi connectivity index (χ0v) is 13.8. The lowest BCUT2D eigenvalue weighted by Crippen LogP contribution is -2.12. The Kier molecular flexibility index (Phi) is 5.04. The van der Waals surface area contributed by atoms with Gasteiger partial charge in [0, 0.05) is 11.3 Å². The van der Waals surface area contributed by atoms with E-state index in [-0.39, 0.29) is 11.5 Å². The molecule has 126 valence electrons. The average molecular weight is 335 g/mol. The van der Waals surface area contributed by atoms with Crippen molar-refractivity contribution < 1.29 is 9.18 Å². The summed E-state index contributed by atoms with van der Waals surface area (Å²) in [4.78, 5) is 16.4. The molecule has 0 fully saturated rings. The second-order valence-electron chi connectivity index (χ2n) is 5.57. The molecule has 0 aliphatic carbocycles. The molecule has 0 spiro atoms. The molecule has 4 nitrogen and oxygen atoms in total. The van der Waals surface area contributed by atoms with E-state index in [1.165, 1.54) is 23.8 Å². The van der Waals surface area contributed by atoms with Gasteiger partial charge in [-0.25, -0.2) is 9.37 Å². The molecule has 0 aliphatic rings. The van der Waals surface area contributed by atoms with Crippen molar-refractivity contribution in [2.45, 2.75) is 13.3 Å². The summed E-state index contributed by atoms with van der Waals surface area (Å²) in [5.41, 5.74) is 3.02. The summed E-state index contributed by atoms with van der Waals surface area (Å²) in [6.45, 7) is 2.11. The number of carbonyl (C=O) groups excluding carboxylic acids is 1. The quantitative estimate of drug-likeness (QED) is 0.705. The Balaban J connectivity index is 1.64. The average Bonchev–Trinajstić information content (AvgIpc) is 2.64. The third-order valence-corrected chi connectivity index (χ3v) is 3.74. The predicted molar refractivity (Wildman–Crippen MR) is 97.7 cm³/mol. The molecule has 5 heteroatoms. The Labute approximate surface area is 145 Å². The molecule has 0 unspecified atom stereocenters. The Hall–Kier alpha value is -3.21. The van der Waals surface area contributed by atoms with Crippen molar-refractivity contribution in [1.82, 2.24) is 4.98 Å². The van der Waals surface area contributed by atoms with Crippen molar-refractivity contribution in [3.63, 3.8) is 0 Å². The fourth-order valence-corrected chi connectivity index (χ4v) is 2.35. The lowest BCUT2D eigenvalue weighted by molar-refractivity contribution is 0.102. The number of hydrogen-bond acceptors (Lipinski definition) is 3. The number of carbonyl (C=O) groups is 1. The van der Waals surface area contributed by atoms with Gasteiger partial charge in [-0.3, -0.25) is 4.79 Å². The second-order valence-corrected chi connectivity index (χ2v) is 5.57. The van der Waals surface area contributed by atoms with Crippen molar-refractivity contribution in [3.8, 4) is 0 Å². The largest absolute Gasteiger partial charge is 0.340 e. The Morgan fingerprint density at radius 1 is 1.04 bits per heavy atom. The fourth-order valence-electron chi connectivity index (χ4n) is 2.35. The van der Waals surface area contributed by atoms with E-state index in [2.05, 4.69) is 34.7 Å². The highest BCUT2D eigenvalue weighted by Crippen LogP contribution is 2.17. The van der Waals surface area contributed by atoms with Crippen LogP contribution in [-0.4, -0.2) is 10.9 Å². The summed E-state index contributed by atoms with van der Waals surface area (Å²) in [5, 5.41) is 5.90. The van der Waals surface area contributed by atoms with Crippen molar-refractivity contribution in [2.75, 3.05) is 10.6 Å². The third kappa shape index (κ3) is 4.41. The van der Waals surface area contributed by atoms with Crippen molar-refractivity contribution >= 4 is 23.1 Å². The van der Waals surface area contributed by atoms with Crippen LogP contribution in [0, 0.1) is 5.82 Å². The lowest BCUT2D eigenvalue weighted by atomic mass is 10.1. The minimum Gasteiger partial charge on any atom is -0.340 e. The van der Waals surface area contributed by atoms with Gasteiger partial charge in [0.2, 0.25) is 0 Å². The first kappa shape index (κ1) is 16.6. The molecule has 0 aliphatic heterocycles. The first-order valence-electron chi connectivity index (χ1n) is 8.03. The molecule has 0 saturated carbocycles. The van der Waals surface area contributed by atoms with E-state index in [0.29, 0.717) is 11.5 Å². The molecule has 25 heavy (non-hydrogen) atoms. The SMILES string of the molecule is CCc1ccc(Nc2ccc(NC(=O)c3cccc(F)c3)cn2)cc1. The summed E-state index contributed by atoms with van der Waals surface area (Å²) in [5.74, 6) is -0.149. The molecule has 0 bridgehead atoms. The van der Waals surface area contributed by atoms with Crippen LogP contribution in [0.3, 0.4) is 0 Å². The topological polar surface area (TPSA) is 54.0 Å². The van der Waals surface area contributed by atoms with Gasteiger partial charge in [0.1, 0.15) is 11.6 Å². The zero-order chi connectivity index (χ0) is 17.6. The van der Waals surface area contributed by atoms with E-state index in [4.69, 9.17) is 0 Å². The van der Waals surface area contributed by atoms with Crippen LogP contribution in [0.1, 0.15) is 22.8 Å². The summed E-state index contributed by atoms with van der Waals surface area (Å²) in [6, 6.07) is 17.2. The number of halogens is 1. The van der Waals surface area contributed by atoms with Crippen molar-refractivity contribution in [3.05, 3.63) is 83.8 Å². The van der Waals surface area contributed by atoms with Crippen LogP contribution in [0.15, 0.2) is 66.9 Å². The number of amides is 1. The minimum atomic E-state index is -0.445. The summed E-state index contributed by atoms with van der Waals surface area (Å²) < 4.78 is 13.2. The molecule has 0 radical (unpaired) electrons. The molecular weight excluding hydrogens is 317 g/mol. The Morgan fingerprint density at radius 3 is 2.44 bits per heavy atom. The molecule has 1 heterocycles. The van der Waals surface area contributed by atoms with Gasteiger partial charge in [0.05, 0.1) is 11.9 Å². The summed E-state index contributed by atoms with van der Waals surface area (Å²) in [6.07, 6.45) is 2.55. The van der Waals surface area contributed by atoms with E-state index < -0.39 is 5.82 Å². The van der Waals surface area contributed by atoms with Gasteiger partial charge >= 0.3 is 0 Å². The monoisotopic (exact) mass is 335 g/mol. The Bertz CT molecular complexity index is 861. The molecule has 1 amide bonds. The lowest BCUT2D eigenvalue weighted by Gasteiger charge is -2.08. The smallest absolute Gasteiger partial charge is 0.255 e. The van der Waals surface area contributed by atoms with Gasteiger partial charge in [0.15, 0.2) is 0 Å². The number of hydrogen-bond donors (Lipinski definition) is 2. The molecule has 0 atom stereocenters. The number of aromatic nitrogens is 1. The maximum atomic E-state index is 13.2. The summed E-state index contributed by atoms with van der Waals surface area (Å²) >= 11 is 0. The van der Waals surface area contributed by atoms with E-state index in [1.807, 2.05) is 12.1 Å². The minimum absolute atomic E-state index is 0.262. The maximum Gasteiger partial charge on any atom is 0.255 e. The van der Waals surface area contributed by atoms with Crippen LogP contribution in [0.4, 0.5) is 21.6 Å². The highest BCUT2D eigenvalue weighted by atomic mass is 19.1. The number of nitrogens with zero attached hydrogens (tertiary/aromatic N) is 1. The highest BCUT2D eigenvalue weighted by Gasteiger charge is 2.07. The molecule has 1 aromatic heterocycles. The number of benzene rings is 2. The van der Waals surface area contributed by atoms with E-state index >= 15 is 0 Å². The molecule has 2 N–H and O–H groups in total. The molecule has 0 saturated heterocycles. The summed E-state index contributed by atoms with van der Waals surface area (Å²) in [7, 11) is 0. The maximum absolute atomic E-state index is 13.2. The van der Waals surface area contributed by atoms with Gasteiger partial charge < -0.3 is 10.6 Å². The first-order valence-corrected chi connectivity index (χ1v) is 8.03. The highest BCUT2D eigenvalue weighted by molar-refractivity contribution is 6.04. The molecule has 3 aromatic rings. The normalized spacial score (nSPS) is 10.3. The number of nitrogens with one attached hydrogen (secondary N) is 2. The molecular formula is C20H18FN3O. The van der Waals surface area contributed by atoms with Crippen LogP contribution in [-0.2, 0) is 6.42 Å². The van der Waals surface area contributed by atoms with E-state index in [0.717, 1.165) is 12.1 Å². The second kappa shape index (κ2) is 7.57. The van der Waals surface area contributed by atoms with Crippen molar-refractivity contribution in [1.29, 1.82) is 0 Å². The van der Waals surface area contributed by atoms with E-state index in [1.54, 1.807) is 24.4 Å². The van der Waals surface area contributed by atoms with Crippen LogP contribution >= 0.6 is 0 Å². The van der Waals surface area contributed by atoms with Gasteiger partial charge in [0.25, 0.3) is 5.91 Å². The predicted octanol–water partition coefficient (Wildman–Crippen LogP) is 4.78. The molecule has 2 aromatic carbocycles. The van der Waals surface area contributed by atoms with E-state index in [9.17, 15) is 9.18 Å². The van der Waals surface area contributed by atoms with Crippen LogP contribution in [0.25, 0.3) is 0 Å². The first-order chi connectivity index (χ1) is 12.1. The standard InChI is InChI=1S/C20H18FN3O/c1-2-14-6-8-17(9-7-14)23-19-11-10-18(13-22-19)24-20(25)15-4-3-5-16(21)12-15/h3-13H,2H2,1H3,(H,22,23)(H,24,25). The number of pyridine rings is 1. The number of rotatable bonds is 5.